The molecule has 1 N–H and O–H groups in total. The third-order valence-corrected chi connectivity index (χ3v) is 5.47. The van der Waals surface area contributed by atoms with Crippen molar-refractivity contribution in [2.45, 2.75) is 26.3 Å². The quantitative estimate of drug-likeness (QED) is 0.545. The average molecular weight is 425 g/mol. The van der Waals surface area contributed by atoms with Gasteiger partial charge in [-0.2, -0.15) is 0 Å². The van der Waals surface area contributed by atoms with Crippen LogP contribution in [0.15, 0.2) is 54.6 Å². The predicted octanol–water partition coefficient (Wildman–Crippen LogP) is 2.63. The zero-order valence-corrected chi connectivity index (χ0v) is 17.9. The van der Waals surface area contributed by atoms with Crippen LogP contribution in [0.25, 0.3) is 0 Å². The van der Waals surface area contributed by atoms with Crippen LogP contribution < -0.4 is 10.2 Å². The maximum atomic E-state index is 13.1. The number of hydrogen-bond donors (Lipinski definition) is 1. The number of hydrogen-bond acceptors (Lipinski definition) is 5. The SMILES string of the molecule is CC(C)[C@H](NC(=O)Cc1ccccc1)C(=O)N1CCN(c2ccc([N+](=O)[O-])cc2)CC1. The van der Waals surface area contributed by atoms with Crippen molar-refractivity contribution < 1.29 is 14.5 Å². The monoisotopic (exact) mass is 424 g/mol. The Labute approximate surface area is 182 Å². The zero-order valence-electron chi connectivity index (χ0n) is 17.9. The highest BCUT2D eigenvalue weighted by molar-refractivity contribution is 5.88. The van der Waals surface area contributed by atoms with E-state index in [1.54, 1.807) is 17.0 Å². The largest absolute Gasteiger partial charge is 0.368 e. The second-order valence-corrected chi connectivity index (χ2v) is 8.04. The van der Waals surface area contributed by atoms with E-state index in [9.17, 15) is 19.7 Å². The number of piperazine rings is 1. The van der Waals surface area contributed by atoms with Gasteiger partial charge in [0.2, 0.25) is 11.8 Å². The summed E-state index contributed by atoms with van der Waals surface area (Å²) in [6, 6.07) is 15.3. The molecule has 0 spiro atoms. The second kappa shape index (κ2) is 10.1. The molecule has 2 aromatic rings. The number of amides is 2. The molecule has 2 amide bonds. The van der Waals surface area contributed by atoms with Gasteiger partial charge in [-0.3, -0.25) is 19.7 Å². The summed E-state index contributed by atoms with van der Waals surface area (Å²) >= 11 is 0. The first kappa shape index (κ1) is 22.3. The van der Waals surface area contributed by atoms with Crippen LogP contribution >= 0.6 is 0 Å². The summed E-state index contributed by atoms with van der Waals surface area (Å²) in [7, 11) is 0. The van der Waals surface area contributed by atoms with Crippen molar-refractivity contribution in [1.82, 2.24) is 10.2 Å². The Morgan fingerprint density at radius 1 is 1.00 bits per heavy atom. The van der Waals surface area contributed by atoms with E-state index in [1.165, 1.54) is 12.1 Å². The molecule has 1 aliphatic heterocycles. The van der Waals surface area contributed by atoms with Crippen molar-refractivity contribution >= 4 is 23.2 Å². The number of non-ortho nitro benzene ring substituents is 1. The third-order valence-electron chi connectivity index (χ3n) is 5.47. The number of benzene rings is 2. The van der Waals surface area contributed by atoms with Gasteiger partial charge in [-0.15, -0.1) is 0 Å². The Morgan fingerprint density at radius 2 is 1.61 bits per heavy atom. The van der Waals surface area contributed by atoms with Gasteiger partial charge in [0.1, 0.15) is 6.04 Å². The molecule has 1 saturated heterocycles. The number of nitro groups is 1. The highest BCUT2D eigenvalue weighted by atomic mass is 16.6. The fraction of sp³-hybridized carbons (Fsp3) is 0.391. The molecular formula is C23H28N4O4. The molecule has 2 aromatic carbocycles. The number of nitrogens with zero attached hydrogens (tertiary/aromatic N) is 3. The highest BCUT2D eigenvalue weighted by Crippen LogP contribution is 2.21. The highest BCUT2D eigenvalue weighted by Gasteiger charge is 2.30. The van der Waals surface area contributed by atoms with Crippen molar-refractivity contribution in [3.05, 3.63) is 70.3 Å². The maximum Gasteiger partial charge on any atom is 0.269 e. The first-order valence-electron chi connectivity index (χ1n) is 10.5. The lowest BCUT2D eigenvalue weighted by atomic mass is 10.0. The summed E-state index contributed by atoms with van der Waals surface area (Å²) < 4.78 is 0. The lowest BCUT2D eigenvalue weighted by molar-refractivity contribution is -0.384. The van der Waals surface area contributed by atoms with Crippen molar-refractivity contribution in [2.24, 2.45) is 5.92 Å². The minimum atomic E-state index is -0.567. The Morgan fingerprint density at radius 3 is 2.16 bits per heavy atom. The van der Waals surface area contributed by atoms with Crippen LogP contribution in [0.1, 0.15) is 19.4 Å². The zero-order chi connectivity index (χ0) is 22.4. The lowest BCUT2D eigenvalue weighted by Crippen LogP contribution is -2.56. The Bertz CT molecular complexity index is 907. The van der Waals surface area contributed by atoms with Gasteiger partial charge < -0.3 is 15.1 Å². The van der Waals surface area contributed by atoms with Gasteiger partial charge in [-0.25, -0.2) is 0 Å². The van der Waals surface area contributed by atoms with Gasteiger partial charge in [0.25, 0.3) is 5.69 Å². The average Bonchev–Trinajstić information content (AvgIpc) is 2.77. The van der Waals surface area contributed by atoms with Crippen LogP contribution in [0.5, 0.6) is 0 Å². The maximum absolute atomic E-state index is 13.1. The molecule has 0 aliphatic carbocycles. The van der Waals surface area contributed by atoms with E-state index >= 15 is 0 Å². The summed E-state index contributed by atoms with van der Waals surface area (Å²) in [6.45, 7) is 6.19. The Balaban J connectivity index is 1.56. The summed E-state index contributed by atoms with van der Waals surface area (Å²) in [4.78, 5) is 39.9. The summed E-state index contributed by atoms with van der Waals surface area (Å²) in [5, 5.41) is 13.7. The minimum Gasteiger partial charge on any atom is -0.368 e. The number of rotatable bonds is 7. The van der Waals surface area contributed by atoms with E-state index in [0.717, 1.165) is 11.3 Å². The van der Waals surface area contributed by atoms with Crippen LogP contribution in [-0.2, 0) is 16.0 Å². The second-order valence-electron chi connectivity index (χ2n) is 8.04. The molecule has 3 rings (SSSR count). The number of carbonyl (C=O) groups excluding carboxylic acids is 2. The topological polar surface area (TPSA) is 95.8 Å². The molecule has 1 aliphatic rings. The molecule has 8 nitrogen and oxygen atoms in total. The van der Waals surface area contributed by atoms with E-state index < -0.39 is 11.0 Å². The molecule has 164 valence electrons. The molecule has 1 heterocycles. The van der Waals surface area contributed by atoms with Gasteiger partial charge >= 0.3 is 0 Å². The van der Waals surface area contributed by atoms with Crippen molar-refractivity contribution in [2.75, 3.05) is 31.1 Å². The normalized spacial score (nSPS) is 14.9. The Kier molecular flexibility index (Phi) is 7.23. The van der Waals surface area contributed by atoms with Gasteiger partial charge in [0.05, 0.1) is 11.3 Å². The standard InChI is InChI=1S/C23H28N4O4/c1-17(2)22(24-21(28)16-18-6-4-3-5-7-18)23(29)26-14-12-25(13-15-26)19-8-10-20(11-9-19)27(30)31/h3-11,17,22H,12-16H2,1-2H3,(H,24,28)/t22-/m0/s1. The summed E-state index contributed by atoms with van der Waals surface area (Å²) in [5.41, 5.74) is 1.87. The van der Waals surface area contributed by atoms with Crippen LogP contribution in [0.3, 0.4) is 0 Å². The number of nitrogens with one attached hydrogen (secondary N) is 1. The van der Waals surface area contributed by atoms with Gasteiger partial charge in [-0.05, 0) is 23.6 Å². The fourth-order valence-electron chi connectivity index (χ4n) is 3.69. The fourth-order valence-corrected chi connectivity index (χ4v) is 3.69. The summed E-state index contributed by atoms with van der Waals surface area (Å²) in [6.07, 6.45) is 0.241. The van der Waals surface area contributed by atoms with Gasteiger partial charge in [-0.1, -0.05) is 44.2 Å². The molecule has 0 saturated carbocycles. The van der Waals surface area contributed by atoms with Crippen LogP contribution in [-0.4, -0.2) is 53.9 Å². The molecule has 0 bridgehead atoms. The Hall–Kier alpha value is -3.42. The molecule has 8 heteroatoms. The first-order chi connectivity index (χ1) is 14.8. The van der Waals surface area contributed by atoms with Crippen LogP contribution in [0.2, 0.25) is 0 Å². The van der Waals surface area contributed by atoms with Crippen LogP contribution in [0.4, 0.5) is 11.4 Å². The van der Waals surface area contributed by atoms with Crippen molar-refractivity contribution in [3.63, 3.8) is 0 Å². The van der Waals surface area contributed by atoms with Gasteiger partial charge in [0, 0.05) is 44.0 Å². The predicted molar refractivity (Wildman–Crippen MR) is 119 cm³/mol. The smallest absolute Gasteiger partial charge is 0.269 e. The number of nitro benzene ring substituents is 1. The third kappa shape index (κ3) is 5.81. The molecule has 1 fully saturated rings. The molecule has 31 heavy (non-hydrogen) atoms. The number of carbonyl (C=O) groups is 2. The van der Waals surface area contributed by atoms with E-state index in [4.69, 9.17) is 0 Å². The van der Waals surface area contributed by atoms with E-state index in [0.29, 0.717) is 26.2 Å². The van der Waals surface area contributed by atoms with Crippen LogP contribution in [0, 0.1) is 16.0 Å². The first-order valence-corrected chi connectivity index (χ1v) is 10.5. The van der Waals surface area contributed by atoms with Gasteiger partial charge in [0.15, 0.2) is 0 Å². The molecule has 0 radical (unpaired) electrons. The van der Waals surface area contributed by atoms with E-state index in [-0.39, 0.29) is 29.8 Å². The van der Waals surface area contributed by atoms with E-state index in [1.807, 2.05) is 44.2 Å². The molecule has 1 atom stereocenters. The molecule has 0 unspecified atom stereocenters. The molecular weight excluding hydrogens is 396 g/mol. The van der Waals surface area contributed by atoms with Crippen molar-refractivity contribution in [1.29, 1.82) is 0 Å². The lowest BCUT2D eigenvalue weighted by Gasteiger charge is -2.38. The van der Waals surface area contributed by atoms with Crippen molar-refractivity contribution in [3.8, 4) is 0 Å². The molecule has 0 aromatic heterocycles. The minimum absolute atomic E-state index is 0.0278. The van der Waals surface area contributed by atoms with E-state index in [2.05, 4.69) is 10.2 Å². The summed E-state index contributed by atoms with van der Waals surface area (Å²) in [5.74, 6) is -0.262. The number of anilines is 1.